The summed E-state index contributed by atoms with van der Waals surface area (Å²) in [6, 6.07) is 6.60. The van der Waals surface area contributed by atoms with Crippen molar-refractivity contribution >= 4 is 56.2 Å². The molecule has 0 spiro atoms. The number of carbonyl (C=O) groups is 1. The zero-order valence-corrected chi connectivity index (χ0v) is 17.9. The SMILES string of the molecule is COc1ccc([N+](=O)[O-])cc1NC(=O)[C@H](C)N(c1cc(Cl)ccc1Cl)S(C)(=O)=O. The summed E-state index contributed by atoms with van der Waals surface area (Å²) < 4.78 is 30.7. The van der Waals surface area contributed by atoms with E-state index >= 15 is 0 Å². The average Bonchev–Trinajstić information content (AvgIpc) is 2.63. The monoisotopic (exact) mass is 461 g/mol. The van der Waals surface area contributed by atoms with Gasteiger partial charge in [0.25, 0.3) is 5.69 Å². The van der Waals surface area contributed by atoms with Crippen LogP contribution in [-0.4, -0.2) is 38.7 Å². The highest BCUT2D eigenvalue weighted by atomic mass is 35.5. The van der Waals surface area contributed by atoms with Crippen molar-refractivity contribution in [2.75, 3.05) is 23.0 Å². The van der Waals surface area contributed by atoms with Crippen LogP contribution >= 0.6 is 23.2 Å². The van der Waals surface area contributed by atoms with Gasteiger partial charge in [-0.1, -0.05) is 23.2 Å². The second kappa shape index (κ2) is 8.85. The maximum Gasteiger partial charge on any atom is 0.271 e. The molecule has 156 valence electrons. The molecule has 0 unspecified atom stereocenters. The number of ether oxygens (including phenoxy) is 1. The van der Waals surface area contributed by atoms with E-state index in [2.05, 4.69) is 5.32 Å². The molecule has 1 atom stereocenters. The molecule has 1 amide bonds. The molecule has 0 aromatic heterocycles. The number of nitro groups is 1. The van der Waals surface area contributed by atoms with Crippen molar-refractivity contribution in [2.24, 2.45) is 0 Å². The number of methoxy groups -OCH3 is 1. The smallest absolute Gasteiger partial charge is 0.271 e. The van der Waals surface area contributed by atoms with Gasteiger partial charge in [-0.15, -0.1) is 0 Å². The lowest BCUT2D eigenvalue weighted by molar-refractivity contribution is -0.384. The summed E-state index contributed by atoms with van der Waals surface area (Å²) in [5.74, 6) is -0.590. The fourth-order valence-electron chi connectivity index (χ4n) is 2.58. The van der Waals surface area contributed by atoms with Gasteiger partial charge in [0.2, 0.25) is 15.9 Å². The second-order valence-electron chi connectivity index (χ2n) is 5.96. The number of nitro benzene ring substituents is 1. The van der Waals surface area contributed by atoms with Crippen LogP contribution in [-0.2, 0) is 14.8 Å². The largest absolute Gasteiger partial charge is 0.495 e. The third-order valence-corrected chi connectivity index (χ3v) is 5.67. The Kier molecular flexibility index (Phi) is 6.93. The number of benzene rings is 2. The molecule has 0 saturated carbocycles. The summed E-state index contributed by atoms with van der Waals surface area (Å²) in [6.45, 7) is 1.34. The van der Waals surface area contributed by atoms with E-state index in [0.29, 0.717) is 0 Å². The lowest BCUT2D eigenvalue weighted by Gasteiger charge is -2.29. The molecule has 2 aromatic rings. The minimum atomic E-state index is -3.94. The Morgan fingerprint density at radius 2 is 1.90 bits per heavy atom. The van der Waals surface area contributed by atoms with E-state index in [9.17, 15) is 23.3 Å². The molecule has 29 heavy (non-hydrogen) atoms. The lowest BCUT2D eigenvalue weighted by atomic mass is 10.2. The van der Waals surface area contributed by atoms with Crippen molar-refractivity contribution in [3.8, 4) is 5.75 Å². The molecule has 0 saturated heterocycles. The highest BCUT2D eigenvalue weighted by Crippen LogP contribution is 2.33. The quantitative estimate of drug-likeness (QED) is 0.495. The Balaban J connectivity index is 2.44. The number of sulfonamides is 1. The van der Waals surface area contributed by atoms with E-state index in [0.717, 1.165) is 16.6 Å². The number of hydrogen-bond acceptors (Lipinski definition) is 6. The number of rotatable bonds is 7. The predicted molar refractivity (Wildman–Crippen MR) is 112 cm³/mol. The fraction of sp³-hybridized carbons (Fsp3) is 0.235. The molecule has 0 bridgehead atoms. The topological polar surface area (TPSA) is 119 Å². The van der Waals surface area contributed by atoms with Crippen LogP contribution in [0.1, 0.15) is 6.92 Å². The molecule has 12 heteroatoms. The molecular weight excluding hydrogens is 445 g/mol. The molecule has 0 fully saturated rings. The Bertz CT molecular complexity index is 1060. The highest BCUT2D eigenvalue weighted by molar-refractivity contribution is 7.92. The number of nitrogens with zero attached hydrogens (tertiary/aromatic N) is 2. The summed E-state index contributed by atoms with van der Waals surface area (Å²) >= 11 is 12.1. The Labute approximate surface area is 177 Å². The first-order chi connectivity index (χ1) is 13.5. The van der Waals surface area contributed by atoms with Crippen LogP contribution in [0, 0.1) is 10.1 Å². The van der Waals surface area contributed by atoms with E-state index in [4.69, 9.17) is 27.9 Å². The van der Waals surface area contributed by atoms with Crippen molar-refractivity contribution < 1.29 is 22.9 Å². The van der Waals surface area contributed by atoms with Gasteiger partial charge in [-0.2, -0.15) is 0 Å². The molecule has 0 radical (unpaired) electrons. The fourth-order valence-corrected chi connectivity index (χ4v) is 4.18. The number of halogens is 2. The minimum Gasteiger partial charge on any atom is -0.495 e. The van der Waals surface area contributed by atoms with Gasteiger partial charge in [0, 0.05) is 17.2 Å². The van der Waals surface area contributed by atoms with Crippen LogP contribution in [0.4, 0.5) is 17.1 Å². The predicted octanol–water partition coefficient (Wildman–Crippen LogP) is 3.70. The number of anilines is 2. The lowest BCUT2D eigenvalue weighted by Crippen LogP contribution is -2.45. The number of amides is 1. The van der Waals surface area contributed by atoms with Crippen LogP contribution < -0.4 is 14.4 Å². The Morgan fingerprint density at radius 1 is 1.24 bits per heavy atom. The van der Waals surface area contributed by atoms with Crippen LogP contribution in [0.5, 0.6) is 5.75 Å². The minimum absolute atomic E-state index is 0.0178. The van der Waals surface area contributed by atoms with Crippen LogP contribution in [0.3, 0.4) is 0 Å². The van der Waals surface area contributed by atoms with E-state index in [-0.39, 0.29) is 32.9 Å². The summed E-state index contributed by atoms with van der Waals surface area (Å²) in [6.07, 6.45) is 0.919. The van der Waals surface area contributed by atoms with Gasteiger partial charge in [0.15, 0.2) is 0 Å². The standard InChI is InChI=1S/C17H17Cl2N3O6S/c1-10(21(29(3,26)27)15-8-11(18)4-6-13(15)19)17(23)20-14-9-12(22(24)25)5-7-16(14)28-2/h4-10H,1-3H3,(H,20,23)/t10-/m0/s1. The molecule has 0 aliphatic carbocycles. The van der Waals surface area contributed by atoms with Crippen LogP contribution in [0.15, 0.2) is 36.4 Å². The Hall–Kier alpha value is -2.56. The number of carbonyl (C=O) groups excluding carboxylic acids is 1. The maximum atomic E-state index is 12.8. The highest BCUT2D eigenvalue weighted by Gasteiger charge is 2.31. The van der Waals surface area contributed by atoms with Gasteiger partial charge >= 0.3 is 0 Å². The van der Waals surface area contributed by atoms with Crippen molar-refractivity contribution in [1.29, 1.82) is 0 Å². The number of nitrogens with one attached hydrogen (secondary N) is 1. The molecule has 2 aromatic carbocycles. The van der Waals surface area contributed by atoms with Crippen molar-refractivity contribution in [1.82, 2.24) is 0 Å². The normalized spacial score (nSPS) is 12.2. The molecule has 0 aliphatic rings. The van der Waals surface area contributed by atoms with Crippen molar-refractivity contribution in [3.05, 3.63) is 56.6 Å². The molecule has 0 aliphatic heterocycles. The second-order valence-corrected chi connectivity index (χ2v) is 8.66. The summed E-state index contributed by atoms with van der Waals surface area (Å²) in [4.78, 5) is 23.2. The van der Waals surface area contributed by atoms with Crippen LogP contribution in [0.2, 0.25) is 10.0 Å². The molecule has 2 rings (SSSR count). The Morgan fingerprint density at radius 3 is 2.45 bits per heavy atom. The van der Waals surface area contributed by atoms with E-state index in [1.54, 1.807) is 0 Å². The maximum absolute atomic E-state index is 12.8. The average molecular weight is 462 g/mol. The third kappa shape index (κ3) is 5.28. The third-order valence-electron chi connectivity index (χ3n) is 3.89. The van der Waals surface area contributed by atoms with E-state index < -0.39 is 26.9 Å². The summed E-state index contributed by atoms with van der Waals surface area (Å²) in [7, 11) is -2.61. The number of hydrogen-bond donors (Lipinski definition) is 1. The first-order valence-electron chi connectivity index (χ1n) is 8.03. The van der Waals surface area contributed by atoms with Gasteiger partial charge < -0.3 is 10.1 Å². The van der Waals surface area contributed by atoms with Gasteiger partial charge in [0.05, 0.1) is 34.7 Å². The van der Waals surface area contributed by atoms with Gasteiger partial charge in [-0.05, 0) is 31.2 Å². The first-order valence-corrected chi connectivity index (χ1v) is 10.6. The first kappa shape index (κ1) is 22.7. The number of non-ortho nitro benzene ring substituents is 1. The summed E-state index contributed by atoms with van der Waals surface area (Å²) in [5, 5.41) is 13.8. The zero-order valence-electron chi connectivity index (χ0n) is 15.5. The molecule has 9 nitrogen and oxygen atoms in total. The van der Waals surface area contributed by atoms with Crippen LogP contribution in [0.25, 0.3) is 0 Å². The summed E-state index contributed by atoms with van der Waals surface area (Å²) in [5.41, 5.74) is -0.230. The van der Waals surface area contributed by atoms with Crippen molar-refractivity contribution in [2.45, 2.75) is 13.0 Å². The van der Waals surface area contributed by atoms with E-state index in [1.807, 2.05) is 0 Å². The van der Waals surface area contributed by atoms with Gasteiger partial charge in [-0.25, -0.2) is 8.42 Å². The van der Waals surface area contributed by atoms with Crippen molar-refractivity contribution in [3.63, 3.8) is 0 Å². The molecule has 1 N–H and O–H groups in total. The molecular formula is C17H17Cl2N3O6S. The van der Waals surface area contributed by atoms with E-state index in [1.165, 1.54) is 44.4 Å². The van der Waals surface area contributed by atoms with Gasteiger partial charge in [0.1, 0.15) is 11.8 Å². The van der Waals surface area contributed by atoms with Gasteiger partial charge in [-0.3, -0.25) is 19.2 Å². The molecule has 0 heterocycles. The zero-order chi connectivity index (χ0) is 21.9.